The first kappa shape index (κ1) is 19.1. The Morgan fingerprint density at radius 2 is 1.54 bits per heavy atom. The minimum Gasteiger partial charge on any atom is -0.300 e. The van der Waals surface area contributed by atoms with Crippen molar-refractivity contribution in [1.82, 2.24) is 9.80 Å². The molecule has 2 rings (SSSR count). The Hall–Kier alpha value is -1.19. The Balaban J connectivity index is 1.70. The molecular formula is C21H34N2O. The first-order valence-corrected chi connectivity index (χ1v) is 9.49. The molecule has 24 heavy (non-hydrogen) atoms. The van der Waals surface area contributed by atoms with Crippen molar-refractivity contribution in [2.24, 2.45) is 5.92 Å². The molecule has 0 N–H and O–H groups in total. The van der Waals surface area contributed by atoms with E-state index >= 15 is 0 Å². The Kier molecular flexibility index (Phi) is 7.44. The van der Waals surface area contributed by atoms with E-state index in [-0.39, 0.29) is 0 Å². The second-order valence-corrected chi connectivity index (χ2v) is 7.90. The zero-order valence-corrected chi connectivity index (χ0v) is 15.9. The molecule has 0 aliphatic carbocycles. The van der Waals surface area contributed by atoms with Gasteiger partial charge in [-0.25, -0.2) is 0 Å². The molecule has 0 saturated carbocycles. The summed E-state index contributed by atoms with van der Waals surface area (Å²) < 4.78 is 0. The number of nitrogens with zero attached hydrogens (tertiary/aromatic N) is 2. The quantitative estimate of drug-likeness (QED) is 0.721. The van der Waals surface area contributed by atoms with Gasteiger partial charge in [-0.15, -0.1) is 0 Å². The van der Waals surface area contributed by atoms with Crippen molar-refractivity contribution in [3.63, 3.8) is 0 Å². The van der Waals surface area contributed by atoms with E-state index in [2.05, 4.69) is 61.8 Å². The number of carbonyl (C=O) groups excluding carboxylic acids is 1. The fraction of sp³-hybridized carbons (Fsp3) is 0.667. The maximum atomic E-state index is 11.8. The maximum absolute atomic E-state index is 11.8. The predicted octanol–water partition coefficient (Wildman–Crippen LogP) is 3.93. The van der Waals surface area contributed by atoms with Crippen LogP contribution < -0.4 is 0 Å². The van der Waals surface area contributed by atoms with Gasteiger partial charge in [0.2, 0.25) is 0 Å². The lowest BCUT2D eigenvalue weighted by atomic mass is 10.0. The van der Waals surface area contributed by atoms with Crippen LogP contribution in [0.2, 0.25) is 0 Å². The number of hydrogen-bond acceptors (Lipinski definition) is 3. The van der Waals surface area contributed by atoms with Crippen LogP contribution in [0.25, 0.3) is 0 Å². The maximum Gasteiger partial charge on any atom is 0.134 e. The second-order valence-electron chi connectivity index (χ2n) is 7.90. The van der Waals surface area contributed by atoms with E-state index in [1.165, 1.54) is 11.1 Å². The SMILES string of the molecule is CC(C)CC(=O)CCN1CCN(Cc2ccc(C(C)C)cc2)CC1. The summed E-state index contributed by atoms with van der Waals surface area (Å²) in [6.45, 7) is 15.0. The summed E-state index contributed by atoms with van der Waals surface area (Å²) in [6.07, 6.45) is 1.45. The normalized spacial score (nSPS) is 16.9. The lowest BCUT2D eigenvalue weighted by Crippen LogP contribution is -2.46. The van der Waals surface area contributed by atoms with Gasteiger partial charge in [-0.05, 0) is 23.0 Å². The van der Waals surface area contributed by atoms with Crippen molar-refractivity contribution < 1.29 is 4.79 Å². The predicted molar refractivity (Wildman–Crippen MR) is 101 cm³/mol. The summed E-state index contributed by atoms with van der Waals surface area (Å²) in [4.78, 5) is 16.8. The Morgan fingerprint density at radius 1 is 0.958 bits per heavy atom. The summed E-state index contributed by atoms with van der Waals surface area (Å²) in [7, 11) is 0. The number of ketones is 1. The second kappa shape index (κ2) is 9.33. The molecule has 0 spiro atoms. The van der Waals surface area contributed by atoms with Crippen molar-refractivity contribution in [2.75, 3.05) is 32.7 Å². The van der Waals surface area contributed by atoms with Crippen LogP contribution in [-0.4, -0.2) is 48.3 Å². The number of benzene rings is 1. The third-order valence-electron chi connectivity index (χ3n) is 4.86. The van der Waals surface area contributed by atoms with Gasteiger partial charge in [0.05, 0.1) is 0 Å². The fourth-order valence-electron chi connectivity index (χ4n) is 3.28. The van der Waals surface area contributed by atoms with Gasteiger partial charge in [-0.2, -0.15) is 0 Å². The summed E-state index contributed by atoms with van der Waals surface area (Å²) in [5.41, 5.74) is 2.81. The van der Waals surface area contributed by atoms with E-state index in [4.69, 9.17) is 0 Å². The highest BCUT2D eigenvalue weighted by Crippen LogP contribution is 2.16. The molecule has 0 unspecified atom stereocenters. The van der Waals surface area contributed by atoms with Crippen molar-refractivity contribution in [1.29, 1.82) is 0 Å². The Labute approximate surface area is 148 Å². The lowest BCUT2D eigenvalue weighted by molar-refractivity contribution is -0.120. The van der Waals surface area contributed by atoms with Gasteiger partial charge in [0, 0.05) is 52.1 Å². The van der Waals surface area contributed by atoms with E-state index in [0.29, 0.717) is 17.6 Å². The smallest absolute Gasteiger partial charge is 0.134 e. The molecule has 1 saturated heterocycles. The van der Waals surface area contributed by atoms with Crippen molar-refractivity contribution in [3.8, 4) is 0 Å². The first-order valence-electron chi connectivity index (χ1n) is 9.49. The summed E-state index contributed by atoms with van der Waals surface area (Å²) in [5, 5.41) is 0. The van der Waals surface area contributed by atoms with Gasteiger partial charge >= 0.3 is 0 Å². The standard InChI is InChI=1S/C21H34N2O/c1-17(2)15-21(24)9-10-22-11-13-23(14-12-22)16-19-5-7-20(8-6-19)18(3)4/h5-8,17-18H,9-16H2,1-4H3. The molecule has 1 aliphatic heterocycles. The van der Waals surface area contributed by atoms with Gasteiger partial charge in [0.1, 0.15) is 5.78 Å². The Morgan fingerprint density at radius 3 is 2.08 bits per heavy atom. The number of hydrogen-bond donors (Lipinski definition) is 0. The highest BCUT2D eigenvalue weighted by Gasteiger charge is 2.17. The lowest BCUT2D eigenvalue weighted by Gasteiger charge is -2.34. The van der Waals surface area contributed by atoms with Crippen LogP contribution in [0.4, 0.5) is 0 Å². The van der Waals surface area contributed by atoms with Gasteiger partial charge in [-0.1, -0.05) is 52.0 Å². The zero-order chi connectivity index (χ0) is 17.5. The summed E-state index contributed by atoms with van der Waals surface area (Å²) in [6, 6.07) is 9.06. The fourth-order valence-corrected chi connectivity index (χ4v) is 3.28. The molecular weight excluding hydrogens is 296 g/mol. The number of rotatable bonds is 8. The van der Waals surface area contributed by atoms with Crippen molar-refractivity contribution >= 4 is 5.78 Å². The molecule has 1 aromatic carbocycles. The third-order valence-corrected chi connectivity index (χ3v) is 4.86. The Bertz CT molecular complexity index is 499. The van der Waals surface area contributed by atoms with Crippen LogP contribution in [0, 0.1) is 5.92 Å². The number of carbonyl (C=O) groups is 1. The van der Waals surface area contributed by atoms with E-state index in [9.17, 15) is 4.79 Å². The van der Waals surface area contributed by atoms with Crippen molar-refractivity contribution in [3.05, 3.63) is 35.4 Å². The van der Waals surface area contributed by atoms with E-state index in [1.54, 1.807) is 0 Å². The topological polar surface area (TPSA) is 23.6 Å². The molecule has 1 fully saturated rings. The van der Waals surface area contributed by atoms with Gasteiger partial charge in [0.15, 0.2) is 0 Å². The van der Waals surface area contributed by atoms with Crippen LogP contribution in [-0.2, 0) is 11.3 Å². The molecule has 0 atom stereocenters. The van der Waals surface area contributed by atoms with Crippen LogP contribution in [0.5, 0.6) is 0 Å². The molecule has 3 nitrogen and oxygen atoms in total. The summed E-state index contributed by atoms with van der Waals surface area (Å²) >= 11 is 0. The molecule has 1 heterocycles. The number of piperazine rings is 1. The summed E-state index contributed by atoms with van der Waals surface area (Å²) in [5.74, 6) is 1.50. The molecule has 0 amide bonds. The van der Waals surface area contributed by atoms with Crippen LogP contribution >= 0.6 is 0 Å². The minimum atomic E-state index is 0.415. The van der Waals surface area contributed by atoms with E-state index in [0.717, 1.165) is 52.1 Å². The van der Waals surface area contributed by atoms with Crippen LogP contribution in [0.15, 0.2) is 24.3 Å². The number of Topliss-reactive ketones (excluding diaryl/α,β-unsaturated/α-hetero) is 1. The van der Waals surface area contributed by atoms with E-state index in [1.807, 2.05) is 0 Å². The monoisotopic (exact) mass is 330 g/mol. The largest absolute Gasteiger partial charge is 0.300 e. The van der Waals surface area contributed by atoms with Crippen LogP contribution in [0.1, 0.15) is 57.6 Å². The molecule has 3 heteroatoms. The zero-order valence-electron chi connectivity index (χ0n) is 15.9. The third kappa shape index (κ3) is 6.37. The van der Waals surface area contributed by atoms with Crippen LogP contribution in [0.3, 0.4) is 0 Å². The van der Waals surface area contributed by atoms with E-state index < -0.39 is 0 Å². The highest BCUT2D eigenvalue weighted by atomic mass is 16.1. The minimum absolute atomic E-state index is 0.415. The molecule has 134 valence electrons. The van der Waals surface area contributed by atoms with Gasteiger partial charge < -0.3 is 4.90 Å². The van der Waals surface area contributed by atoms with Crippen molar-refractivity contribution in [2.45, 2.75) is 53.0 Å². The van der Waals surface area contributed by atoms with Gasteiger partial charge in [0.25, 0.3) is 0 Å². The average Bonchev–Trinajstić information content (AvgIpc) is 2.54. The highest BCUT2D eigenvalue weighted by molar-refractivity contribution is 5.78. The molecule has 1 aliphatic rings. The van der Waals surface area contributed by atoms with Gasteiger partial charge in [-0.3, -0.25) is 9.69 Å². The molecule has 1 aromatic rings. The average molecular weight is 331 g/mol. The first-order chi connectivity index (χ1) is 11.4. The molecule has 0 bridgehead atoms. The molecule has 0 aromatic heterocycles. The molecule has 0 radical (unpaired) electrons.